The van der Waals surface area contributed by atoms with Crippen LogP contribution in [0.4, 0.5) is 0 Å². The zero-order chi connectivity index (χ0) is 20.3. The van der Waals surface area contributed by atoms with Gasteiger partial charge in [0.1, 0.15) is 0 Å². The quantitative estimate of drug-likeness (QED) is 0.664. The minimum atomic E-state index is -0.705. The maximum atomic E-state index is 13.2. The summed E-state index contributed by atoms with van der Waals surface area (Å²) < 4.78 is 5.46. The number of amides is 1. The molecule has 150 valence electrons. The Labute approximate surface area is 170 Å². The first-order valence-corrected chi connectivity index (χ1v) is 10.2. The number of hydrogen-bond donors (Lipinski definition) is 1. The second-order valence-electron chi connectivity index (χ2n) is 7.77. The van der Waals surface area contributed by atoms with Crippen LogP contribution in [0, 0.1) is 5.41 Å². The minimum Gasteiger partial charge on any atom is -0.466 e. The number of nitrogens with zero attached hydrogens (tertiary/aromatic N) is 1. The topological polar surface area (TPSA) is 62.4 Å². The van der Waals surface area contributed by atoms with Gasteiger partial charge in [0.15, 0.2) is 0 Å². The fraction of sp³-hybridized carbons (Fsp3) is 0.333. The van der Waals surface area contributed by atoms with Crippen LogP contribution in [0.3, 0.4) is 0 Å². The zero-order valence-corrected chi connectivity index (χ0v) is 16.7. The molecular formula is C24H26N2O3. The van der Waals surface area contributed by atoms with Crippen LogP contribution in [0.2, 0.25) is 0 Å². The van der Waals surface area contributed by atoms with Crippen LogP contribution in [0.1, 0.15) is 35.7 Å². The van der Waals surface area contributed by atoms with Gasteiger partial charge in [0.2, 0.25) is 0 Å². The van der Waals surface area contributed by atoms with Crippen molar-refractivity contribution in [3.05, 3.63) is 71.9 Å². The molecule has 0 saturated carbocycles. The number of nitrogens with one attached hydrogen (secondary N) is 1. The average Bonchev–Trinajstić information content (AvgIpc) is 3.22. The van der Waals surface area contributed by atoms with Crippen LogP contribution in [0.25, 0.3) is 10.9 Å². The average molecular weight is 390 g/mol. The lowest BCUT2D eigenvalue weighted by Crippen LogP contribution is -2.51. The summed E-state index contributed by atoms with van der Waals surface area (Å²) in [6.07, 6.45) is 3.95. The standard InChI is InChI=1S/C24H26N2O3/c1-2-29-23(28)24(16-18-7-4-3-5-8-18)12-6-14-26(17-24)22(27)20-9-10-21-19(15-20)11-13-25-21/h3-5,7-11,13,15,25H,2,6,12,14,16-17H2,1H3. The molecule has 0 spiro atoms. The van der Waals surface area contributed by atoms with Crippen molar-refractivity contribution in [3.8, 4) is 0 Å². The number of likely N-dealkylation sites (tertiary alicyclic amines) is 1. The minimum absolute atomic E-state index is 0.0328. The summed E-state index contributed by atoms with van der Waals surface area (Å²) in [4.78, 5) is 31.2. The van der Waals surface area contributed by atoms with Crippen molar-refractivity contribution in [1.29, 1.82) is 0 Å². The van der Waals surface area contributed by atoms with Gasteiger partial charge < -0.3 is 14.6 Å². The summed E-state index contributed by atoms with van der Waals surface area (Å²) in [6, 6.07) is 17.6. The van der Waals surface area contributed by atoms with Crippen molar-refractivity contribution < 1.29 is 14.3 Å². The number of fused-ring (bicyclic) bond motifs is 1. The Morgan fingerprint density at radius 1 is 1.14 bits per heavy atom. The lowest BCUT2D eigenvalue weighted by Gasteiger charge is -2.41. The van der Waals surface area contributed by atoms with Gasteiger partial charge in [0.25, 0.3) is 5.91 Å². The third-order valence-corrected chi connectivity index (χ3v) is 5.76. The number of ether oxygens (including phenoxy) is 1. The van der Waals surface area contributed by atoms with Crippen molar-refractivity contribution in [1.82, 2.24) is 9.88 Å². The highest BCUT2D eigenvalue weighted by Crippen LogP contribution is 2.36. The maximum absolute atomic E-state index is 13.2. The molecule has 1 aliphatic heterocycles. The Bertz CT molecular complexity index is 1010. The summed E-state index contributed by atoms with van der Waals surface area (Å²) in [5, 5.41) is 1.01. The second-order valence-corrected chi connectivity index (χ2v) is 7.77. The Kier molecular flexibility index (Phi) is 5.38. The van der Waals surface area contributed by atoms with E-state index in [1.54, 1.807) is 0 Å². The molecule has 0 aliphatic carbocycles. The number of aromatic amines is 1. The number of aromatic nitrogens is 1. The van der Waals surface area contributed by atoms with E-state index in [9.17, 15) is 9.59 Å². The lowest BCUT2D eigenvalue weighted by atomic mass is 9.75. The van der Waals surface area contributed by atoms with Crippen molar-refractivity contribution in [2.24, 2.45) is 5.41 Å². The summed E-state index contributed by atoms with van der Waals surface area (Å²) in [6.45, 7) is 3.20. The van der Waals surface area contributed by atoms with E-state index in [4.69, 9.17) is 4.74 Å². The smallest absolute Gasteiger partial charge is 0.314 e. The van der Waals surface area contributed by atoms with Crippen LogP contribution in [0.15, 0.2) is 60.8 Å². The molecule has 5 nitrogen and oxygen atoms in total. The highest BCUT2D eigenvalue weighted by Gasteiger charge is 2.44. The molecule has 2 aromatic carbocycles. The summed E-state index contributed by atoms with van der Waals surface area (Å²) in [7, 11) is 0. The van der Waals surface area contributed by atoms with E-state index in [2.05, 4.69) is 4.98 Å². The normalized spacial score (nSPS) is 19.3. The maximum Gasteiger partial charge on any atom is 0.314 e. The van der Waals surface area contributed by atoms with Gasteiger partial charge in [-0.1, -0.05) is 30.3 Å². The van der Waals surface area contributed by atoms with E-state index in [1.807, 2.05) is 72.6 Å². The number of carbonyl (C=O) groups is 2. The SMILES string of the molecule is CCOC(=O)C1(Cc2ccccc2)CCCN(C(=O)c2ccc3[nH]ccc3c2)C1. The Balaban J connectivity index is 1.61. The van der Waals surface area contributed by atoms with Crippen LogP contribution in [0.5, 0.6) is 0 Å². The van der Waals surface area contributed by atoms with Gasteiger partial charge in [0, 0.05) is 35.8 Å². The Morgan fingerprint density at radius 3 is 2.76 bits per heavy atom. The highest BCUT2D eigenvalue weighted by atomic mass is 16.5. The third-order valence-electron chi connectivity index (χ3n) is 5.76. The first-order valence-electron chi connectivity index (χ1n) is 10.2. The van der Waals surface area contributed by atoms with Crippen molar-refractivity contribution in [2.75, 3.05) is 19.7 Å². The number of benzene rings is 2. The molecule has 1 aliphatic rings. The Morgan fingerprint density at radius 2 is 1.97 bits per heavy atom. The highest BCUT2D eigenvalue weighted by molar-refractivity contribution is 5.98. The molecule has 0 bridgehead atoms. The van der Waals surface area contributed by atoms with Crippen molar-refractivity contribution in [2.45, 2.75) is 26.2 Å². The largest absolute Gasteiger partial charge is 0.466 e. The van der Waals surface area contributed by atoms with Gasteiger partial charge in [-0.15, -0.1) is 0 Å². The monoisotopic (exact) mass is 390 g/mol. The van der Waals surface area contributed by atoms with Crippen LogP contribution < -0.4 is 0 Å². The van der Waals surface area contributed by atoms with E-state index < -0.39 is 5.41 Å². The second kappa shape index (κ2) is 8.11. The molecule has 5 heteroatoms. The first kappa shape index (κ1) is 19.2. The van der Waals surface area contributed by atoms with Gasteiger partial charge in [-0.3, -0.25) is 9.59 Å². The predicted octanol–water partition coefficient (Wildman–Crippen LogP) is 4.20. The van der Waals surface area contributed by atoms with E-state index in [0.29, 0.717) is 31.7 Å². The fourth-order valence-electron chi connectivity index (χ4n) is 4.33. The van der Waals surface area contributed by atoms with Gasteiger partial charge >= 0.3 is 5.97 Å². The molecule has 1 N–H and O–H groups in total. The molecule has 1 aromatic heterocycles. The van der Waals surface area contributed by atoms with Gasteiger partial charge in [-0.25, -0.2) is 0 Å². The summed E-state index contributed by atoms with van der Waals surface area (Å²) in [5.74, 6) is -0.239. The molecule has 1 saturated heterocycles. The molecule has 1 amide bonds. The third kappa shape index (κ3) is 3.90. The van der Waals surface area contributed by atoms with Gasteiger partial charge in [-0.05, 0) is 56.0 Å². The number of esters is 1. The van der Waals surface area contributed by atoms with Gasteiger partial charge in [-0.2, -0.15) is 0 Å². The Hall–Kier alpha value is -3.08. The van der Waals surface area contributed by atoms with Crippen LogP contribution in [-0.4, -0.2) is 41.5 Å². The molecule has 1 unspecified atom stereocenters. The number of rotatable bonds is 5. The fourth-order valence-corrected chi connectivity index (χ4v) is 4.33. The molecule has 3 aromatic rings. The van der Waals surface area contributed by atoms with Crippen molar-refractivity contribution >= 4 is 22.8 Å². The predicted molar refractivity (Wildman–Crippen MR) is 113 cm³/mol. The molecule has 2 heterocycles. The first-order chi connectivity index (χ1) is 14.1. The van der Waals surface area contributed by atoms with E-state index in [0.717, 1.165) is 29.3 Å². The summed E-state index contributed by atoms with van der Waals surface area (Å²) >= 11 is 0. The molecule has 4 rings (SSSR count). The van der Waals surface area contributed by atoms with E-state index in [-0.39, 0.29) is 11.9 Å². The van der Waals surface area contributed by atoms with Crippen LogP contribution in [-0.2, 0) is 16.0 Å². The molecule has 1 atom stereocenters. The number of carbonyl (C=O) groups excluding carboxylic acids is 2. The zero-order valence-electron chi connectivity index (χ0n) is 16.7. The molecule has 29 heavy (non-hydrogen) atoms. The molecule has 1 fully saturated rings. The van der Waals surface area contributed by atoms with Crippen LogP contribution >= 0.6 is 0 Å². The van der Waals surface area contributed by atoms with Gasteiger partial charge in [0.05, 0.1) is 12.0 Å². The molecule has 0 radical (unpaired) electrons. The van der Waals surface area contributed by atoms with E-state index >= 15 is 0 Å². The summed E-state index contributed by atoms with van der Waals surface area (Å²) in [5.41, 5.74) is 2.04. The number of H-pyrrole nitrogens is 1. The number of piperidine rings is 1. The molecular weight excluding hydrogens is 364 g/mol. The van der Waals surface area contributed by atoms with Crippen molar-refractivity contribution in [3.63, 3.8) is 0 Å². The lowest BCUT2D eigenvalue weighted by molar-refractivity contribution is -0.158. The van der Waals surface area contributed by atoms with E-state index in [1.165, 1.54) is 0 Å². The number of hydrogen-bond acceptors (Lipinski definition) is 3.